The van der Waals surface area contributed by atoms with Crippen molar-refractivity contribution in [2.24, 2.45) is 5.10 Å². The molecular formula is C17H15F3N2O2. The number of fused-ring (bicyclic) bond motifs is 1. The fourth-order valence-corrected chi connectivity index (χ4v) is 2.30. The van der Waals surface area contributed by atoms with Gasteiger partial charge in [-0.25, -0.2) is 0 Å². The fourth-order valence-electron chi connectivity index (χ4n) is 2.30. The zero-order valence-electron chi connectivity index (χ0n) is 12.9. The maximum absolute atomic E-state index is 13.0. The van der Waals surface area contributed by atoms with Crippen LogP contribution in [-0.2, 0) is 6.18 Å². The van der Waals surface area contributed by atoms with Gasteiger partial charge in [0.2, 0.25) is 0 Å². The molecule has 24 heavy (non-hydrogen) atoms. The van der Waals surface area contributed by atoms with Crippen LogP contribution < -0.4 is 14.9 Å². The fraction of sp³-hybridized carbons (Fsp3) is 0.235. The van der Waals surface area contributed by atoms with E-state index in [9.17, 15) is 13.2 Å². The van der Waals surface area contributed by atoms with Gasteiger partial charge in [-0.1, -0.05) is 12.1 Å². The van der Waals surface area contributed by atoms with Crippen LogP contribution in [0.2, 0.25) is 0 Å². The van der Waals surface area contributed by atoms with Crippen molar-refractivity contribution in [3.8, 4) is 11.5 Å². The quantitative estimate of drug-likeness (QED) is 0.671. The van der Waals surface area contributed by atoms with E-state index in [2.05, 4.69) is 10.5 Å². The van der Waals surface area contributed by atoms with Crippen molar-refractivity contribution in [1.82, 2.24) is 0 Å². The van der Waals surface area contributed by atoms with Crippen molar-refractivity contribution >= 4 is 11.4 Å². The van der Waals surface area contributed by atoms with Gasteiger partial charge in [-0.2, -0.15) is 18.3 Å². The largest absolute Gasteiger partial charge is 0.486 e. The highest BCUT2D eigenvalue weighted by molar-refractivity contribution is 5.99. The number of nitrogens with zero attached hydrogens (tertiary/aromatic N) is 1. The summed E-state index contributed by atoms with van der Waals surface area (Å²) in [4.78, 5) is 0. The Labute approximate surface area is 136 Å². The second-order valence-corrected chi connectivity index (χ2v) is 5.21. The molecule has 1 heterocycles. The number of nitrogens with one attached hydrogen (secondary N) is 1. The molecule has 0 fully saturated rings. The Morgan fingerprint density at radius 3 is 2.50 bits per heavy atom. The van der Waals surface area contributed by atoms with E-state index in [1.165, 1.54) is 18.2 Å². The highest BCUT2D eigenvalue weighted by atomic mass is 19.4. The van der Waals surface area contributed by atoms with Crippen molar-refractivity contribution < 1.29 is 22.6 Å². The third kappa shape index (κ3) is 3.45. The molecule has 0 radical (unpaired) electrons. The Balaban J connectivity index is 1.83. The molecule has 1 aliphatic rings. The topological polar surface area (TPSA) is 42.9 Å². The monoisotopic (exact) mass is 336 g/mol. The summed E-state index contributed by atoms with van der Waals surface area (Å²) in [5.74, 6) is 1.25. The maximum atomic E-state index is 13.0. The van der Waals surface area contributed by atoms with Crippen molar-refractivity contribution in [3.05, 3.63) is 53.6 Å². The molecule has 0 atom stereocenters. The van der Waals surface area contributed by atoms with E-state index < -0.39 is 11.7 Å². The third-order valence-corrected chi connectivity index (χ3v) is 3.54. The van der Waals surface area contributed by atoms with Gasteiger partial charge in [0, 0.05) is 5.56 Å². The summed E-state index contributed by atoms with van der Waals surface area (Å²) < 4.78 is 49.8. The molecule has 0 amide bonds. The van der Waals surface area contributed by atoms with E-state index in [1.807, 2.05) is 0 Å². The van der Waals surface area contributed by atoms with Crippen molar-refractivity contribution in [1.29, 1.82) is 0 Å². The lowest BCUT2D eigenvalue weighted by Crippen LogP contribution is -2.15. The number of benzene rings is 2. The number of ether oxygens (including phenoxy) is 2. The minimum Gasteiger partial charge on any atom is -0.486 e. The number of hydrogen-bond acceptors (Lipinski definition) is 4. The minimum atomic E-state index is -4.44. The van der Waals surface area contributed by atoms with Crippen LogP contribution in [0.5, 0.6) is 11.5 Å². The molecule has 2 aromatic carbocycles. The summed E-state index contributed by atoms with van der Waals surface area (Å²) in [5.41, 5.74) is 2.90. The van der Waals surface area contributed by atoms with Crippen molar-refractivity contribution in [3.63, 3.8) is 0 Å². The van der Waals surface area contributed by atoms with Gasteiger partial charge in [0.1, 0.15) is 13.2 Å². The Morgan fingerprint density at radius 2 is 1.75 bits per heavy atom. The second kappa shape index (κ2) is 6.43. The molecule has 0 spiro atoms. The molecule has 0 saturated carbocycles. The van der Waals surface area contributed by atoms with E-state index in [1.54, 1.807) is 25.1 Å². The summed E-state index contributed by atoms with van der Waals surface area (Å²) in [6.45, 7) is 2.66. The molecule has 4 nitrogen and oxygen atoms in total. The van der Waals surface area contributed by atoms with E-state index in [0.717, 1.165) is 11.6 Å². The van der Waals surface area contributed by atoms with Gasteiger partial charge in [0.25, 0.3) is 0 Å². The third-order valence-electron chi connectivity index (χ3n) is 3.54. The molecule has 1 aliphatic heterocycles. The first-order chi connectivity index (χ1) is 11.4. The summed E-state index contributed by atoms with van der Waals surface area (Å²) in [7, 11) is 0. The smallest absolute Gasteiger partial charge is 0.418 e. The summed E-state index contributed by atoms with van der Waals surface area (Å²) >= 11 is 0. The van der Waals surface area contributed by atoms with Crippen LogP contribution in [-0.4, -0.2) is 18.9 Å². The van der Waals surface area contributed by atoms with Gasteiger partial charge in [0.15, 0.2) is 11.5 Å². The normalized spacial score (nSPS) is 14.4. The second-order valence-electron chi connectivity index (χ2n) is 5.21. The predicted molar refractivity (Wildman–Crippen MR) is 84.7 cm³/mol. The van der Waals surface area contributed by atoms with Crippen LogP contribution >= 0.6 is 0 Å². The molecule has 0 unspecified atom stereocenters. The Bertz CT molecular complexity index is 773. The van der Waals surface area contributed by atoms with E-state index in [-0.39, 0.29) is 5.69 Å². The van der Waals surface area contributed by atoms with Crippen LogP contribution in [0, 0.1) is 0 Å². The van der Waals surface area contributed by atoms with Crippen LogP contribution in [0.1, 0.15) is 18.1 Å². The maximum Gasteiger partial charge on any atom is 0.418 e. The predicted octanol–water partition coefficient (Wildman–Crippen LogP) is 4.31. The molecule has 1 N–H and O–H groups in total. The lowest BCUT2D eigenvalue weighted by Gasteiger charge is -2.18. The number of halogens is 3. The highest BCUT2D eigenvalue weighted by Gasteiger charge is 2.33. The van der Waals surface area contributed by atoms with Gasteiger partial charge in [-0.05, 0) is 37.3 Å². The molecule has 0 aromatic heterocycles. The average molecular weight is 336 g/mol. The summed E-state index contributed by atoms with van der Waals surface area (Å²) in [5, 5.41) is 4.06. The van der Waals surface area contributed by atoms with Crippen molar-refractivity contribution in [2.75, 3.05) is 18.6 Å². The standard InChI is InChI=1S/C17H15F3N2O2/c1-11(12-6-7-15-16(10-12)24-9-8-23-15)21-22-14-5-3-2-4-13(14)17(18,19)20/h2-7,10,22H,8-9H2,1H3/b21-11-. The lowest BCUT2D eigenvalue weighted by atomic mass is 10.1. The Morgan fingerprint density at radius 1 is 1.04 bits per heavy atom. The lowest BCUT2D eigenvalue weighted by molar-refractivity contribution is -0.136. The van der Waals surface area contributed by atoms with E-state index in [0.29, 0.717) is 30.4 Å². The zero-order chi connectivity index (χ0) is 17.2. The zero-order valence-corrected chi connectivity index (χ0v) is 12.9. The van der Waals surface area contributed by atoms with E-state index in [4.69, 9.17) is 9.47 Å². The van der Waals surface area contributed by atoms with Gasteiger partial charge >= 0.3 is 6.18 Å². The summed E-state index contributed by atoms with van der Waals surface area (Å²) in [6.07, 6.45) is -4.44. The molecule has 3 rings (SSSR count). The number of para-hydroxylation sites is 1. The first-order valence-electron chi connectivity index (χ1n) is 7.32. The summed E-state index contributed by atoms with van der Waals surface area (Å²) in [6, 6.07) is 10.5. The first kappa shape index (κ1) is 16.2. The molecule has 7 heteroatoms. The number of hydrazone groups is 1. The van der Waals surface area contributed by atoms with Gasteiger partial charge in [-0.3, -0.25) is 5.43 Å². The number of alkyl halides is 3. The Hall–Kier alpha value is -2.70. The Kier molecular flexibility index (Phi) is 4.33. The number of anilines is 1. The molecule has 0 aliphatic carbocycles. The minimum absolute atomic E-state index is 0.0955. The SMILES string of the molecule is C/C(=N/Nc1ccccc1C(F)(F)F)c1ccc2c(c1)OCCO2. The molecule has 2 aromatic rings. The van der Waals surface area contributed by atoms with Crippen LogP contribution in [0.3, 0.4) is 0 Å². The van der Waals surface area contributed by atoms with Crippen LogP contribution in [0.4, 0.5) is 18.9 Å². The van der Waals surface area contributed by atoms with Gasteiger partial charge in [-0.15, -0.1) is 0 Å². The highest BCUT2D eigenvalue weighted by Crippen LogP contribution is 2.35. The van der Waals surface area contributed by atoms with Gasteiger partial charge < -0.3 is 9.47 Å². The van der Waals surface area contributed by atoms with E-state index >= 15 is 0 Å². The van der Waals surface area contributed by atoms with Gasteiger partial charge in [0.05, 0.1) is 17.0 Å². The first-order valence-corrected chi connectivity index (χ1v) is 7.32. The molecule has 126 valence electrons. The average Bonchev–Trinajstić information content (AvgIpc) is 2.58. The molecule has 0 bridgehead atoms. The molecular weight excluding hydrogens is 321 g/mol. The van der Waals surface area contributed by atoms with Crippen LogP contribution in [0.15, 0.2) is 47.6 Å². The van der Waals surface area contributed by atoms with Crippen molar-refractivity contribution in [2.45, 2.75) is 13.1 Å². The number of rotatable bonds is 3. The van der Waals surface area contributed by atoms with Crippen LogP contribution in [0.25, 0.3) is 0 Å². The molecule has 0 saturated heterocycles. The number of hydrogen-bond donors (Lipinski definition) is 1.